The molecule has 1 fully saturated rings. The summed E-state index contributed by atoms with van der Waals surface area (Å²) < 4.78 is 0. The van der Waals surface area contributed by atoms with E-state index in [-0.39, 0.29) is 0 Å². The first-order valence-corrected chi connectivity index (χ1v) is 7.19. The highest BCUT2D eigenvalue weighted by Crippen LogP contribution is 2.27. The second-order valence-corrected chi connectivity index (χ2v) is 5.46. The quantitative estimate of drug-likeness (QED) is 0.576. The van der Waals surface area contributed by atoms with Crippen LogP contribution < -0.4 is 5.32 Å². The van der Waals surface area contributed by atoms with E-state index in [1.165, 1.54) is 4.90 Å². The standard InChI is InChI=1S/C16H20N2O3/c1-12(15(20)16(21)17-9-13-7-8-13)18(11-19)10-14-5-3-2-4-6-14/h2-6,11-13H,7-10H2,1H3,(H,17,21). The van der Waals surface area contributed by atoms with E-state index in [2.05, 4.69) is 5.32 Å². The first-order chi connectivity index (χ1) is 10.1. The normalized spacial score (nSPS) is 15.1. The van der Waals surface area contributed by atoms with Crippen molar-refractivity contribution in [1.29, 1.82) is 0 Å². The number of carbonyl (C=O) groups excluding carboxylic acids is 3. The van der Waals surface area contributed by atoms with Crippen molar-refractivity contribution in [2.75, 3.05) is 6.54 Å². The molecule has 2 amide bonds. The Balaban J connectivity index is 1.91. The van der Waals surface area contributed by atoms with Crippen LogP contribution in [-0.4, -0.2) is 35.6 Å². The Bertz CT molecular complexity index is 512. The Hall–Kier alpha value is -2.17. The molecule has 2 rings (SSSR count). The van der Waals surface area contributed by atoms with Gasteiger partial charge in [0.2, 0.25) is 12.2 Å². The molecule has 1 saturated carbocycles. The monoisotopic (exact) mass is 288 g/mol. The number of nitrogens with one attached hydrogen (secondary N) is 1. The summed E-state index contributed by atoms with van der Waals surface area (Å²) in [4.78, 5) is 36.4. The second-order valence-electron chi connectivity index (χ2n) is 5.46. The highest BCUT2D eigenvalue weighted by Gasteiger charge is 2.28. The van der Waals surface area contributed by atoms with Gasteiger partial charge in [0.15, 0.2) is 0 Å². The van der Waals surface area contributed by atoms with Crippen LogP contribution in [0.25, 0.3) is 0 Å². The van der Waals surface area contributed by atoms with Crippen LogP contribution in [0.2, 0.25) is 0 Å². The Labute approximate surface area is 124 Å². The van der Waals surface area contributed by atoms with E-state index in [4.69, 9.17) is 0 Å². The summed E-state index contributed by atoms with van der Waals surface area (Å²) in [6.45, 7) is 2.45. The van der Waals surface area contributed by atoms with Gasteiger partial charge in [-0.3, -0.25) is 14.4 Å². The lowest BCUT2D eigenvalue weighted by atomic mass is 10.1. The number of hydrogen-bond donors (Lipinski definition) is 1. The van der Waals surface area contributed by atoms with E-state index in [9.17, 15) is 14.4 Å². The molecule has 0 heterocycles. The Morgan fingerprint density at radius 3 is 2.57 bits per heavy atom. The van der Waals surface area contributed by atoms with Gasteiger partial charge in [-0.1, -0.05) is 30.3 Å². The summed E-state index contributed by atoms with van der Waals surface area (Å²) in [6, 6.07) is 8.61. The minimum atomic E-state index is -0.762. The first-order valence-electron chi connectivity index (χ1n) is 7.19. The summed E-state index contributed by atoms with van der Waals surface area (Å²) >= 11 is 0. The summed E-state index contributed by atoms with van der Waals surface area (Å²) in [5.41, 5.74) is 0.919. The molecule has 1 unspecified atom stereocenters. The molecule has 0 saturated heterocycles. The van der Waals surface area contributed by atoms with Crippen molar-refractivity contribution >= 4 is 18.1 Å². The number of hydrogen-bond acceptors (Lipinski definition) is 3. The number of benzene rings is 1. The third kappa shape index (κ3) is 4.41. The minimum Gasteiger partial charge on any atom is -0.349 e. The molecule has 5 heteroatoms. The minimum absolute atomic E-state index is 0.313. The zero-order chi connectivity index (χ0) is 15.2. The first kappa shape index (κ1) is 15.2. The van der Waals surface area contributed by atoms with E-state index in [0.717, 1.165) is 18.4 Å². The van der Waals surface area contributed by atoms with Crippen LogP contribution in [0.15, 0.2) is 30.3 Å². The molecule has 5 nitrogen and oxygen atoms in total. The zero-order valence-corrected chi connectivity index (χ0v) is 12.1. The maximum Gasteiger partial charge on any atom is 0.289 e. The summed E-state index contributed by atoms with van der Waals surface area (Å²) in [6.07, 6.45) is 2.83. The van der Waals surface area contributed by atoms with Crippen LogP contribution in [0.3, 0.4) is 0 Å². The van der Waals surface area contributed by atoms with Gasteiger partial charge in [0.1, 0.15) is 0 Å². The van der Waals surface area contributed by atoms with E-state index >= 15 is 0 Å². The molecule has 0 aromatic heterocycles. The van der Waals surface area contributed by atoms with Gasteiger partial charge in [-0.2, -0.15) is 0 Å². The smallest absolute Gasteiger partial charge is 0.289 e. The maximum absolute atomic E-state index is 12.1. The zero-order valence-electron chi connectivity index (χ0n) is 12.1. The van der Waals surface area contributed by atoms with Gasteiger partial charge in [-0.15, -0.1) is 0 Å². The molecule has 112 valence electrons. The van der Waals surface area contributed by atoms with Crippen molar-refractivity contribution in [1.82, 2.24) is 10.2 Å². The molecular weight excluding hydrogens is 268 g/mol. The van der Waals surface area contributed by atoms with Crippen LogP contribution in [-0.2, 0) is 20.9 Å². The van der Waals surface area contributed by atoms with Crippen molar-refractivity contribution in [3.63, 3.8) is 0 Å². The molecule has 1 aliphatic carbocycles. The van der Waals surface area contributed by atoms with Crippen LogP contribution in [0.1, 0.15) is 25.3 Å². The molecule has 1 atom stereocenters. The van der Waals surface area contributed by atoms with Gasteiger partial charge in [0.05, 0.1) is 6.04 Å². The Morgan fingerprint density at radius 2 is 2.00 bits per heavy atom. The fourth-order valence-electron chi connectivity index (χ4n) is 2.05. The predicted molar refractivity (Wildman–Crippen MR) is 78.3 cm³/mol. The van der Waals surface area contributed by atoms with Crippen molar-refractivity contribution < 1.29 is 14.4 Å². The largest absolute Gasteiger partial charge is 0.349 e. The molecule has 0 radical (unpaired) electrons. The van der Waals surface area contributed by atoms with Gasteiger partial charge in [-0.25, -0.2) is 0 Å². The van der Waals surface area contributed by atoms with Gasteiger partial charge < -0.3 is 10.2 Å². The van der Waals surface area contributed by atoms with Gasteiger partial charge in [0.25, 0.3) is 5.91 Å². The number of carbonyl (C=O) groups is 3. The van der Waals surface area contributed by atoms with E-state index in [1.807, 2.05) is 30.3 Å². The molecule has 1 aromatic rings. The maximum atomic E-state index is 12.1. The van der Waals surface area contributed by atoms with Crippen molar-refractivity contribution in [3.05, 3.63) is 35.9 Å². The third-order valence-corrected chi connectivity index (χ3v) is 3.69. The van der Waals surface area contributed by atoms with Gasteiger partial charge in [0, 0.05) is 13.1 Å². The lowest BCUT2D eigenvalue weighted by molar-refractivity contribution is -0.142. The molecule has 0 bridgehead atoms. The summed E-state index contributed by atoms with van der Waals surface area (Å²) in [5, 5.41) is 2.64. The average molecular weight is 288 g/mol. The Kier molecular flexibility index (Phi) is 5.09. The average Bonchev–Trinajstić information content (AvgIpc) is 3.34. The molecule has 0 spiro atoms. The highest BCUT2D eigenvalue weighted by atomic mass is 16.2. The van der Waals surface area contributed by atoms with Gasteiger partial charge >= 0.3 is 0 Å². The van der Waals surface area contributed by atoms with Crippen molar-refractivity contribution in [2.45, 2.75) is 32.4 Å². The number of nitrogens with zero attached hydrogens (tertiary/aromatic N) is 1. The second kappa shape index (κ2) is 7.02. The molecule has 1 N–H and O–H groups in total. The highest BCUT2D eigenvalue weighted by molar-refractivity contribution is 6.38. The number of ketones is 1. The lowest BCUT2D eigenvalue weighted by Gasteiger charge is -2.23. The third-order valence-electron chi connectivity index (χ3n) is 3.69. The lowest BCUT2D eigenvalue weighted by Crippen LogP contribution is -2.45. The van der Waals surface area contributed by atoms with Crippen LogP contribution in [0.5, 0.6) is 0 Å². The number of rotatable bonds is 8. The predicted octanol–water partition coefficient (Wildman–Crippen LogP) is 1.13. The SMILES string of the molecule is CC(C(=O)C(=O)NCC1CC1)N(C=O)Cc1ccccc1. The molecule has 21 heavy (non-hydrogen) atoms. The number of amides is 2. The fraction of sp³-hybridized carbons (Fsp3) is 0.438. The van der Waals surface area contributed by atoms with Crippen LogP contribution >= 0.6 is 0 Å². The van der Waals surface area contributed by atoms with Gasteiger partial charge in [-0.05, 0) is 31.2 Å². The molecule has 1 aliphatic rings. The van der Waals surface area contributed by atoms with Crippen LogP contribution in [0, 0.1) is 5.92 Å². The van der Waals surface area contributed by atoms with Crippen molar-refractivity contribution in [2.24, 2.45) is 5.92 Å². The van der Waals surface area contributed by atoms with E-state index < -0.39 is 17.7 Å². The molecular formula is C16H20N2O3. The number of Topliss-reactive ketones (excluding diaryl/α,β-unsaturated/α-hetero) is 1. The molecule has 0 aliphatic heterocycles. The summed E-state index contributed by atoms with van der Waals surface area (Å²) in [5.74, 6) is -0.656. The molecule has 1 aromatic carbocycles. The summed E-state index contributed by atoms with van der Waals surface area (Å²) in [7, 11) is 0. The van der Waals surface area contributed by atoms with Crippen molar-refractivity contribution in [3.8, 4) is 0 Å². The Morgan fingerprint density at radius 1 is 1.33 bits per heavy atom. The van der Waals surface area contributed by atoms with Crippen LogP contribution in [0.4, 0.5) is 0 Å². The van der Waals surface area contributed by atoms with E-state index in [0.29, 0.717) is 25.4 Å². The van der Waals surface area contributed by atoms with E-state index in [1.54, 1.807) is 6.92 Å². The topological polar surface area (TPSA) is 66.5 Å². The fourth-order valence-corrected chi connectivity index (χ4v) is 2.05.